The minimum Gasteiger partial charge on any atom is -0.444 e. The third-order valence-corrected chi connectivity index (χ3v) is 2.88. The highest BCUT2D eigenvalue weighted by molar-refractivity contribution is 9.10. The summed E-state index contributed by atoms with van der Waals surface area (Å²) < 4.78 is 12.8. The zero-order chi connectivity index (χ0) is 13.2. The van der Waals surface area contributed by atoms with Gasteiger partial charge in [-0.25, -0.2) is 0 Å². The lowest BCUT2D eigenvalue weighted by atomic mass is 10.4. The van der Waals surface area contributed by atoms with Crippen molar-refractivity contribution in [3.05, 3.63) is 57.4 Å². The van der Waals surface area contributed by atoms with Crippen molar-refractivity contribution in [3.63, 3.8) is 0 Å². The van der Waals surface area contributed by atoms with E-state index in [2.05, 4.69) is 26.1 Å². The molecule has 3 aromatic rings. The normalized spacial score (nSPS) is 10.8. The minimum absolute atomic E-state index is 0.122. The Morgan fingerprint density at radius 2 is 2.05 bits per heavy atom. The van der Waals surface area contributed by atoms with Gasteiger partial charge in [-0.15, -0.1) is 10.2 Å². The van der Waals surface area contributed by atoms with Crippen molar-refractivity contribution in [1.29, 1.82) is 0 Å². The van der Waals surface area contributed by atoms with Gasteiger partial charge >= 0.3 is 0 Å². The third-order valence-electron chi connectivity index (χ3n) is 2.46. The summed E-state index contributed by atoms with van der Waals surface area (Å²) in [6.07, 6.45) is 1.66. The molecule has 0 bridgehead atoms. The van der Waals surface area contributed by atoms with Gasteiger partial charge in [-0.2, -0.15) is 0 Å². The first kappa shape index (κ1) is 11.9. The zero-order valence-corrected chi connectivity index (χ0v) is 11.2. The van der Waals surface area contributed by atoms with E-state index in [9.17, 15) is 4.79 Å². The number of hydrogen-bond acceptors (Lipinski definition) is 5. The largest absolute Gasteiger partial charge is 0.444 e. The van der Waals surface area contributed by atoms with Crippen LogP contribution in [0, 0.1) is 0 Å². The summed E-state index contributed by atoms with van der Waals surface area (Å²) in [7, 11) is 0. The van der Waals surface area contributed by atoms with Gasteiger partial charge in [0.05, 0.1) is 0 Å². The fourth-order valence-corrected chi connectivity index (χ4v) is 1.89. The number of rotatable bonds is 3. The van der Waals surface area contributed by atoms with E-state index in [-0.39, 0.29) is 18.0 Å². The van der Waals surface area contributed by atoms with Gasteiger partial charge < -0.3 is 13.4 Å². The number of halogens is 1. The first-order valence-corrected chi connectivity index (χ1v) is 6.25. The van der Waals surface area contributed by atoms with Crippen molar-refractivity contribution in [1.82, 2.24) is 14.8 Å². The van der Waals surface area contributed by atoms with Crippen LogP contribution in [-0.4, -0.2) is 14.8 Å². The monoisotopic (exact) mass is 321 g/mol. The van der Waals surface area contributed by atoms with Crippen molar-refractivity contribution < 1.29 is 8.83 Å². The quantitative estimate of drug-likeness (QED) is 0.740. The Bertz CT molecular complexity index is 759. The molecule has 0 saturated carbocycles. The van der Waals surface area contributed by atoms with Crippen molar-refractivity contribution in [2.75, 3.05) is 0 Å². The first-order valence-electron chi connectivity index (χ1n) is 5.46. The van der Waals surface area contributed by atoms with E-state index in [1.807, 2.05) is 0 Å². The summed E-state index contributed by atoms with van der Waals surface area (Å²) in [5.41, 5.74) is -0.122. The van der Waals surface area contributed by atoms with Crippen LogP contribution in [0.15, 0.2) is 54.8 Å². The smallest absolute Gasteiger partial charge is 0.283 e. The summed E-state index contributed by atoms with van der Waals surface area (Å²) in [6, 6.07) is 8.37. The summed E-state index contributed by atoms with van der Waals surface area (Å²) in [5, 5.41) is 7.77. The maximum atomic E-state index is 11.6. The minimum atomic E-state index is -0.122. The van der Waals surface area contributed by atoms with Crippen molar-refractivity contribution in [2.45, 2.75) is 6.54 Å². The fraction of sp³-hybridized carbons (Fsp3) is 0.0833. The molecule has 0 amide bonds. The maximum absolute atomic E-state index is 11.6. The van der Waals surface area contributed by atoms with Crippen LogP contribution in [0.2, 0.25) is 0 Å². The lowest BCUT2D eigenvalue weighted by molar-refractivity contribution is 0.461. The van der Waals surface area contributed by atoms with Gasteiger partial charge in [0, 0.05) is 12.3 Å². The Labute approximate surface area is 115 Å². The number of furan rings is 1. The van der Waals surface area contributed by atoms with Crippen molar-refractivity contribution in [3.8, 4) is 11.7 Å². The van der Waals surface area contributed by atoms with Crippen molar-refractivity contribution >= 4 is 15.9 Å². The third kappa shape index (κ3) is 2.50. The number of nitrogens with zero attached hydrogens (tertiary/aromatic N) is 3. The highest BCUT2D eigenvalue weighted by Gasteiger charge is 2.12. The highest BCUT2D eigenvalue weighted by Crippen LogP contribution is 2.23. The predicted octanol–water partition coefficient (Wildman–Crippen LogP) is 2.30. The molecule has 0 aromatic carbocycles. The summed E-state index contributed by atoms with van der Waals surface area (Å²) in [5.74, 6) is 1.10. The van der Waals surface area contributed by atoms with Gasteiger partial charge in [0.15, 0.2) is 10.4 Å². The van der Waals surface area contributed by atoms with Crippen LogP contribution in [0.4, 0.5) is 0 Å². The van der Waals surface area contributed by atoms with E-state index < -0.39 is 0 Å². The standard InChI is InChI=1S/C12H8BrN3O3/c13-9-5-4-8(18-9)12-15-14-10(19-12)7-16-6-2-1-3-11(16)17/h1-6H,7H2. The van der Waals surface area contributed by atoms with E-state index in [0.29, 0.717) is 16.3 Å². The molecule has 0 radical (unpaired) electrons. The molecule has 0 atom stereocenters. The SMILES string of the molecule is O=c1ccccn1Cc1nnc(-c2ccc(Br)o2)o1. The molecule has 19 heavy (non-hydrogen) atoms. The van der Waals surface area contributed by atoms with E-state index in [1.54, 1.807) is 30.5 Å². The average molecular weight is 322 g/mol. The molecule has 3 rings (SSSR count). The molecular formula is C12H8BrN3O3. The first-order chi connectivity index (χ1) is 9.22. The number of hydrogen-bond donors (Lipinski definition) is 0. The van der Waals surface area contributed by atoms with Gasteiger partial charge in [0.1, 0.15) is 6.54 Å². The second-order valence-electron chi connectivity index (χ2n) is 3.77. The van der Waals surface area contributed by atoms with Gasteiger partial charge in [-0.3, -0.25) is 4.79 Å². The Morgan fingerprint density at radius 1 is 1.16 bits per heavy atom. The lowest BCUT2D eigenvalue weighted by Crippen LogP contribution is -2.18. The number of aromatic nitrogens is 3. The van der Waals surface area contributed by atoms with Gasteiger partial charge in [0.2, 0.25) is 5.89 Å². The topological polar surface area (TPSA) is 74.1 Å². The van der Waals surface area contributed by atoms with Crippen LogP contribution in [0.3, 0.4) is 0 Å². The molecule has 0 aliphatic heterocycles. The molecule has 96 valence electrons. The Hall–Kier alpha value is -2.15. The second kappa shape index (κ2) is 4.85. The highest BCUT2D eigenvalue weighted by atomic mass is 79.9. The molecule has 6 nitrogen and oxygen atoms in total. The van der Waals surface area contributed by atoms with Crippen LogP contribution in [0.1, 0.15) is 5.89 Å². The molecule has 7 heteroatoms. The molecule has 0 spiro atoms. The van der Waals surface area contributed by atoms with Gasteiger partial charge in [-0.1, -0.05) is 6.07 Å². The molecule has 0 aliphatic carbocycles. The second-order valence-corrected chi connectivity index (χ2v) is 4.55. The van der Waals surface area contributed by atoms with E-state index in [1.165, 1.54) is 10.6 Å². The molecule has 0 fully saturated rings. The molecular weight excluding hydrogens is 314 g/mol. The Morgan fingerprint density at radius 3 is 2.79 bits per heavy atom. The summed E-state index contributed by atoms with van der Waals surface area (Å²) in [6.45, 7) is 0.231. The lowest BCUT2D eigenvalue weighted by Gasteiger charge is -1.99. The molecule has 0 saturated heterocycles. The van der Waals surface area contributed by atoms with Crippen LogP contribution >= 0.6 is 15.9 Å². The van der Waals surface area contributed by atoms with Crippen LogP contribution in [-0.2, 0) is 6.54 Å². The maximum Gasteiger partial charge on any atom is 0.283 e. The van der Waals surface area contributed by atoms with Crippen LogP contribution in [0.5, 0.6) is 0 Å². The average Bonchev–Trinajstić information content (AvgIpc) is 3.01. The van der Waals surface area contributed by atoms with E-state index in [4.69, 9.17) is 8.83 Å². The fourth-order valence-electron chi connectivity index (χ4n) is 1.58. The van der Waals surface area contributed by atoms with Gasteiger partial charge in [-0.05, 0) is 34.1 Å². The van der Waals surface area contributed by atoms with E-state index in [0.717, 1.165) is 0 Å². The predicted molar refractivity (Wildman–Crippen MR) is 69.5 cm³/mol. The molecule has 3 aromatic heterocycles. The Balaban J connectivity index is 1.86. The van der Waals surface area contributed by atoms with E-state index >= 15 is 0 Å². The Kier molecular flexibility index (Phi) is 3.04. The number of pyridine rings is 1. The molecule has 0 aliphatic rings. The van der Waals surface area contributed by atoms with Crippen LogP contribution < -0.4 is 5.56 Å². The van der Waals surface area contributed by atoms with Gasteiger partial charge in [0.25, 0.3) is 11.4 Å². The van der Waals surface area contributed by atoms with Crippen LogP contribution in [0.25, 0.3) is 11.7 Å². The van der Waals surface area contributed by atoms with Crippen molar-refractivity contribution in [2.24, 2.45) is 0 Å². The molecule has 0 N–H and O–H groups in total. The summed E-state index contributed by atoms with van der Waals surface area (Å²) in [4.78, 5) is 11.6. The molecule has 0 unspecified atom stereocenters. The molecule has 3 heterocycles. The zero-order valence-electron chi connectivity index (χ0n) is 9.62. The summed E-state index contributed by atoms with van der Waals surface area (Å²) >= 11 is 3.20.